The molecular weight excluding hydrogens is 310 g/mol. The van der Waals surface area contributed by atoms with Crippen molar-refractivity contribution in [2.75, 3.05) is 37.9 Å². The molecule has 4 heteroatoms. The number of nitrogens with one attached hydrogen (secondary N) is 1. The lowest BCUT2D eigenvalue weighted by Gasteiger charge is -2.27. The molecule has 2 amide bonds. The van der Waals surface area contributed by atoms with Gasteiger partial charge in [-0.3, -0.25) is 4.90 Å². The lowest BCUT2D eigenvalue weighted by Crippen LogP contribution is -2.31. The van der Waals surface area contributed by atoms with E-state index in [1.54, 1.807) is 11.9 Å². The van der Waals surface area contributed by atoms with Crippen molar-refractivity contribution in [3.8, 4) is 0 Å². The summed E-state index contributed by atoms with van der Waals surface area (Å²) in [5, 5.41) is 3.01. The first-order chi connectivity index (χ1) is 12.0. The maximum Gasteiger partial charge on any atom is 0.326 e. The number of aryl methyl sites for hydroxylation is 1. The molecule has 1 aliphatic rings. The minimum Gasteiger partial charge on any atom is -0.309 e. The van der Waals surface area contributed by atoms with Crippen LogP contribution in [0.3, 0.4) is 0 Å². The van der Waals surface area contributed by atoms with Crippen LogP contribution >= 0.6 is 0 Å². The normalized spacial score (nSPS) is 16.4. The number of benzene rings is 2. The van der Waals surface area contributed by atoms with Gasteiger partial charge in [0.15, 0.2) is 0 Å². The molecule has 0 spiro atoms. The van der Waals surface area contributed by atoms with Crippen LogP contribution in [0.2, 0.25) is 0 Å². The molecule has 0 heterocycles. The molecule has 0 aromatic heterocycles. The fourth-order valence-electron chi connectivity index (χ4n) is 3.56. The second kappa shape index (κ2) is 7.70. The summed E-state index contributed by atoms with van der Waals surface area (Å²) in [5.41, 5.74) is 4.55. The minimum absolute atomic E-state index is 0.118. The highest BCUT2D eigenvalue weighted by Gasteiger charge is 2.20. The third-order valence-corrected chi connectivity index (χ3v) is 4.86. The van der Waals surface area contributed by atoms with Gasteiger partial charge in [0.2, 0.25) is 0 Å². The van der Waals surface area contributed by atoms with Gasteiger partial charge in [0, 0.05) is 25.0 Å². The fourth-order valence-corrected chi connectivity index (χ4v) is 3.56. The highest BCUT2D eigenvalue weighted by molar-refractivity contribution is 6.01. The van der Waals surface area contributed by atoms with Crippen LogP contribution in [-0.4, -0.2) is 38.6 Å². The van der Waals surface area contributed by atoms with Crippen molar-refractivity contribution in [3.05, 3.63) is 59.7 Å². The molecule has 0 radical (unpaired) electrons. The molecule has 132 valence electrons. The van der Waals surface area contributed by atoms with Crippen LogP contribution in [0.5, 0.6) is 0 Å². The number of fused-ring (bicyclic) bond motifs is 1. The summed E-state index contributed by atoms with van der Waals surface area (Å²) in [5.74, 6) is 0.729. The smallest absolute Gasteiger partial charge is 0.309 e. The van der Waals surface area contributed by atoms with Crippen molar-refractivity contribution in [2.45, 2.75) is 19.3 Å². The van der Waals surface area contributed by atoms with E-state index in [1.807, 2.05) is 36.4 Å². The Bertz CT molecular complexity index is 727. The maximum absolute atomic E-state index is 12.5. The average Bonchev–Trinajstić information content (AvgIpc) is 2.61. The standard InChI is InChI=1S/C21H27N3O/c1-23(2)15-16-9-10-18-14-19(12-11-17(18)13-16)22-21(25)24(3)20-7-5-4-6-8-20/h4-8,11-12,14,16H,9-10,13,15H2,1-3H3,(H,22,25). The first-order valence-corrected chi connectivity index (χ1v) is 8.89. The van der Waals surface area contributed by atoms with Gasteiger partial charge < -0.3 is 10.2 Å². The molecule has 3 rings (SSSR count). The molecule has 1 unspecified atom stereocenters. The first kappa shape index (κ1) is 17.5. The van der Waals surface area contributed by atoms with Gasteiger partial charge in [0.05, 0.1) is 0 Å². The van der Waals surface area contributed by atoms with Crippen molar-refractivity contribution in [1.82, 2.24) is 4.90 Å². The Morgan fingerprint density at radius 1 is 1.08 bits per heavy atom. The van der Waals surface area contributed by atoms with E-state index >= 15 is 0 Å². The molecule has 2 aromatic carbocycles. The van der Waals surface area contributed by atoms with E-state index in [1.165, 1.54) is 17.5 Å². The topological polar surface area (TPSA) is 35.6 Å². The fraction of sp³-hybridized carbons (Fsp3) is 0.381. The Hall–Kier alpha value is -2.33. The molecule has 25 heavy (non-hydrogen) atoms. The predicted octanol–water partition coefficient (Wildman–Crippen LogP) is 4.02. The molecule has 0 saturated carbocycles. The van der Waals surface area contributed by atoms with Crippen LogP contribution < -0.4 is 10.2 Å². The summed E-state index contributed by atoms with van der Waals surface area (Å²) in [6, 6.07) is 15.9. The Labute approximate surface area is 150 Å². The molecule has 2 aromatic rings. The maximum atomic E-state index is 12.5. The van der Waals surface area contributed by atoms with Gasteiger partial charge >= 0.3 is 6.03 Å². The summed E-state index contributed by atoms with van der Waals surface area (Å²) in [6.45, 7) is 1.14. The number of nitrogens with zero attached hydrogens (tertiary/aromatic N) is 2. The largest absolute Gasteiger partial charge is 0.326 e. The lowest BCUT2D eigenvalue weighted by atomic mass is 9.83. The van der Waals surface area contributed by atoms with Crippen LogP contribution in [0.4, 0.5) is 16.2 Å². The van der Waals surface area contributed by atoms with E-state index in [2.05, 4.69) is 36.4 Å². The number of hydrogen-bond donors (Lipinski definition) is 1. The van der Waals surface area contributed by atoms with Gasteiger partial charge in [-0.2, -0.15) is 0 Å². The van der Waals surface area contributed by atoms with E-state index in [-0.39, 0.29) is 6.03 Å². The van der Waals surface area contributed by atoms with Crippen LogP contribution in [0.1, 0.15) is 17.5 Å². The molecule has 0 saturated heterocycles. The monoisotopic (exact) mass is 337 g/mol. The molecule has 0 fully saturated rings. The number of rotatable bonds is 4. The van der Waals surface area contributed by atoms with Crippen LogP contribution in [-0.2, 0) is 12.8 Å². The number of anilines is 2. The minimum atomic E-state index is -0.118. The van der Waals surface area contributed by atoms with Gasteiger partial charge in [-0.15, -0.1) is 0 Å². The Morgan fingerprint density at radius 3 is 2.56 bits per heavy atom. The molecule has 1 atom stereocenters. The lowest BCUT2D eigenvalue weighted by molar-refractivity contribution is 0.258. The Kier molecular flexibility index (Phi) is 5.39. The second-order valence-electron chi connectivity index (χ2n) is 7.18. The third kappa shape index (κ3) is 4.40. The zero-order chi connectivity index (χ0) is 17.8. The number of carbonyl (C=O) groups is 1. The van der Waals surface area contributed by atoms with Crippen molar-refractivity contribution in [3.63, 3.8) is 0 Å². The number of hydrogen-bond acceptors (Lipinski definition) is 2. The number of urea groups is 1. The Morgan fingerprint density at radius 2 is 1.84 bits per heavy atom. The summed E-state index contributed by atoms with van der Waals surface area (Å²) in [6.07, 6.45) is 3.43. The van der Waals surface area contributed by atoms with Crippen molar-refractivity contribution in [1.29, 1.82) is 0 Å². The molecule has 1 N–H and O–H groups in total. The van der Waals surface area contributed by atoms with Crippen LogP contribution in [0.25, 0.3) is 0 Å². The predicted molar refractivity (Wildman–Crippen MR) is 104 cm³/mol. The van der Waals surface area contributed by atoms with Crippen LogP contribution in [0.15, 0.2) is 48.5 Å². The number of para-hydroxylation sites is 1. The number of carbonyl (C=O) groups excluding carboxylic acids is 1. The third-order valence-electron chi connectivity index (χ3n) is 4.86. The zero-order valence-electron chi connectivity index (χ0n) is 15.3. The zero-order valence-corrected chi connectivity index (χ0v) is 15.3. The molecule has 1 aliphatic carbocycles. The molecule has 0 aliphatic heterocycles. The van der Waals surface area contributed by atoms with Gasteiger partial charge in [-0.25, -0.2) is 4.79 Å². The van der Waals surface area contributed by atoms with E-state index in [9.17, 15) is 4.79 Å². The van der Waals surface area contributed by atoms with E-state index in [4.69, 9.17) is 0 Å². The van der Waals surface area contributed by atoms with Gasteiger partial charge in [-0.05, 0) is 74.7 Å². The van der Waals surface area contributed by atoms with Crippen molar-refractivity contribution in [2.24, 2.45) is 5.92 Å². The average molecular weight is 337 g/mol. The SMILES string of the molecule is CN(C)CC1CCc2cc(NC(=O)N(C)c3ccccc3)ccc2C1. The van der Waals surface area contributed by atoms with Crippen LogP contribution in [0, 0.1) is 5.92 Å². The van der Waals surface area contributed by atoms with Gasteiger partial charge in [0.25, 0.3) is 0 Å². The summed E-state index contributed by atoms with van der Waals surface area (Å²) in [7, 11) is 6.06. The molecule has 0 bridgehead atoms. The second-order valence-corrected chi connectivity index (χ2v) is 7.18. The van der Waals surface area contributed by atoms with Gasteiger partial charge in [0.1, 0.15) is 0 Å². The Balaban J connectivity index is 1.66. The van der Waals surface area contributed by atoms with E-state index < -0.39 is 0 Å². The van der Waals surface area contributed by atoms with E-state index in [0.717, 1.165) is 36.7 Å². The van der Waals surface area contributed by atoms with Crippen molar-refractivity contribution < 1.29 is 4.79 Å². The quantitative estimate of drug-likeness (QED) is 0.914. The first-order valence-electron chi connectivity index (χ1n) is 8.89. The number of amides is 2. The summed E-state index contributed by atoms with van der Waals surface area (Å²) in [4.78, 5) is 16.4. The van der Waals surface area contributed by atoms with Gasteiger partial charge in [-0.1, -0.05) is 24.3 Å². The molecule has 4 nitrogen and oxygen atoms in total. The highest BCUT2D eigenvalue weighted by Crippen LogP contribution is 2.28. The van der Waals surface area contributed by atoms with E-state index in [0.29, 0.717) is 0 Å². The van der Waals surface area contributed by atoms with Crippen molar-refractivity contribution >= 4 is 17.4 Å². The molecular formula is C21H27N3O. The highest BCUT2D eigenvalue weighted by atomic mass is 16.2. The summed E-state index contributed by atoms with van der Waals surface area (Å²) >= 11 is 0. The summed E-state index contributed by atoms with van der Waals surface area (Å²) < 4.78 is 0.